The molecular weight excluding hydrogens is 461 g/mol. The van der Waals surface area contributed by atoms with Crippen LogP contribution in [-0.2, 0) is 10.0 Å². The first-order valence-electron chi connectivity index (χ1n) is 7.81. The Morgan fingerprint density at radius 3 is 2.71 bits per heavy atom. The van der Waals surface area contributed by atoms with E-state index in [1.807, 2.05) is 6.92 Å². The van der Waals surface area contributed by atoms with Crippen LogP contribution in [0.5, 0.6) is 0 Å². The van der Waals surface area contributed by atoms with E-state index < -0.39 is 10.0 Å². The predicted molar refractivity (Wildman–Crippen MR) is 112 cm³/mol. The van der Waals surface area contributed by atoms with Crippen LogP contribution in [-0.4, -0.2) is 52.4 Å². The molecule has 0 atom stereocenters. The van der Waals surface area contributed by atoms with Crippen molar-refractivity contribution in [3.63, 3.8) is 0 Å². The summed E-state index contributed by atoms with van der Waals surface area (Å²) >= 11 is 1.77. The Morgan fingerprint density at radius 1 is 1.46 bits per heavy atom. The van der Waals surface area contributed by atoms with E-state index in [4.69, 9.17) is 5.14 Å². The first-order chi connectivity index (χ1) is 11.0. The van der Waals surface area contributed by atoms with Crippen LogP contribution < -0.4 is 20.7 Å². The molecule has 0 bridgehead atoms. The van der Waals surface area contributed by atoms with Crippen LogP contribution in [0.25, 0.3) is 0 Å². The average molecular weight is 487 g/mol. The van der Waals surface area contributed by atoms with E-state index in [-0.39, 0.29) is 36.3 Å². The number of aliphatic imine (C=N–C) groups is 1. The number of guanidine groups is 1. The minimum atomic E-state index is -3.47. The highest BCUT2D eigenvalue weighted by atomic mass is 127. The quantitative estimate of drug-likeness (QED) is 0.318. The van der Waals surface area contributed by atoms with Crippen LogP contribution in [0.3, 0.4) is 0 Å². The molecule has 0 unspecified atom stereocenters. The summed E-state index contributed by atoms with van der Waals surface area (Å²) in [6.07, 6.45) is 2.05. The third-order valence-corrected chi connectivity index (χ3v) is 5.32. The average Bonchev–Trinajstić information content (AvgIpc) is 3.01. The summed E-state index contributed by atoms with van der Waals surface area (Å²) < 4.78 is 21.9. The number of nitrogens with one attached hydrogen (secondary N) is 2. The van der Waals surface area contributed by atoms with Crippen molar-refractivity contribution in [2.24, 2.45) is 10.1 Å². The normalized spacial score (nSPS) is 16.6. The first kappa shape index (κ1) is 21.5. The van der Waals surface area contributed by atoms with Crippen molar-refractivity contribution in [1.82, 2.24) is 10.6 Å². The molecule has 1 aliphatic rings. The largest absolute Gasteiger partial charge is 0.363 e. The number of hydrogen-bond donors (Lipinski definition) is 3. The summed E-state index contributed by atoms with van der Waals surface area (Å²) in [6, 6.07) is 4.57. The molecule has 0 aliphatic carbocycles. The van der Waals surface area contributed by atoms with Crippen LogP contribution in [0.1, 0.15) is 19.8 Å². The Hall–Kier alpha value is -0.590. The number of primary sulfonamides is 1. The highest BCUT2D eigenvalue weighted by Gasteiger charge is 2.20. The van der Waals surface area contributed by atoms with Gasteiger partial charge in [0.25, 0.3) is 0 Å². The van der Waals surface area contributed by atoms with Gasteiger partial charge >= 0.3 is 0 Å². The molecule has 0 spiro atoms. The molecule has 1 aliphatic heterocycles. The van der Waals surface area contributed by atoms with Crippen molar-refractivity contribution in [2.45, 2.75) is 25.8 Å². The highest BCUT2D eigenvalue weighted by Crippen LogP contribution is 2.24. The van der Waals surface area contributed by atoms with Gasteiger partial charge in [-0.1, -0.05) is 0 Å². The summed E-state index contributed by atoms with van der Waals surface area (Å²) in [7, 11) is -3.47. The zero-order valence-electron chi connectivity index (χ0n) is 13.8. The Labute approximate surface area is 165 Å². The molecule has 0 amide bonds. The summed E-state index contributed by atoms with van der Waals surface area (Å²) in [5.41, 5.74) is 0. The number of piperidine rings is 1. The fourth-order valence-electron chi connectivity index (χ4n) is 2.49. The second kappa shape index (κ2) is 10.4. The van der Waals surface area contributed by atoms with Gasteiger partial charge < -0.3 is 15.5 Å². The number of nitrogens with two attached hydrogens (primary N) is 1. The van der Waals surface area contributed by atoms with Gasteiger partial charge in [0.05, 0.1) is 17.3 Å². The van der Waals surface area contributed by atoms with Gasteiger partial charge in [-0.15, -0.1) is 35.3 Å². The lowest BCUT2D eigenvalue weighted by Crippen LogP contribution is -2.48. The zero-order chi connectivity index (χ0) is 16.7. The maximum absolute atomic E-state index is 11.0. The number of nitrogens with zero attached hydrogens (tertiary/aromatic N) is 2. The standard InChI is InChI=1S/C14H25N5O2S2.HI/c1-2-16-14(17-7-11-23(15,20)21)18-12-5-8-19(9-6-12)13-4-3-10-22-13;/h3-4,10,12H,2,5-9,11H2,1H3,(H2,15,20,21)(H2,16,17,18);1H. The van der Waals surface area contributed by atoms with E-state index in [2.05, 4.69) is 38.0 Å². The lowest BCUT2D eigenvalue weighted by molar-refractivity contribution is 0.463. The van der Waals surface area contributed by atoms with Gasteiger partial charge in [0, 0.05) is 25.7 Å². The fourth-order valence-corrected chi connectivity index (χ4v) is 3.62. The van der Waals surface area contributed by atoms with Crippen LogP contribution in [0.4, 0.5) is 5.00 Å². The van der Waals surface area contributed by atoms with E-state index in [0.29, 0.717) is 12.0 Å². The van der Waals surface area contributed by atoms with Crippen molar-refractivity contribution in [3.8, 4) is 0 Å². The van der Waals surface area contributed by atoms with E-state index in [1.165, 1.54) is 5.00 Å². The molecule has 0 saturated carbocycles. The lowest BCUT2D eigenvalue weighted by atomic mass is 10.1. The summed E-state index contributed by atoms with van der Waals surface area (Å²) in [4.78, 5) is 6.68. The van der Waals surface area contributed by atoms with E-state index >= 15 is 0 Å². The highest BCUT2D eigenvalue weighted by molar-refractivity contribution is 14.0. The predicted octanol–water partition coefficient (Wildman–Crippen LogP) is 1.18. The molecular formula is C14H26IN5O2S2. The molecule has 4 N–H and O–H groups in total. The van der Waals surface area contributed by atoms with Gasteiger partial charge in [-0.3, -0.25) is 4.99 Å². The molecule has 7 nitrogen and oxygen atoms in total. The first-order valence-corrected chi connectivity index (χ1v) is 10.4. The Kier molecular flexibility index (Phi) is 9.31. The fraction of sp³-hybridized carbons (Fsp3) is 0.643. The van der Waals surface area contributed by atoms with E-state index in [0.717, 1.165) is 32.5 Å². The van der Waals surface area contributed by atoms with Gasteiger partial charge in [-0.05, 0) is 37.3 Å². The third kappa shape index (κ3) is 7.53. The number of hydrogen-bond acceptors (Lipinski definition) is 5. The molecule has 1 saturated heterocycles. The lowest BCUT2D eigenvalue weighted by Gasteiger charge is -2.33. The maximum Gasteiger partial charge on any atom is 0.210 e. The van der Waals surface area contributed by atoms with Crippen molar-refractivity contribution in [1.29, 1.82) is 0 Å². The van der Waals surface area contributed by atoms with Gasteiger partial charge in [0.2, 0.25) is 10.0 Å². The van der Waals surface area contributed by atoms with Gasteiger partial charge in [-0.25, -0.2) is 13.6 Å². The van der Waals surface area contributed by atoms with Crippen LogP contribution in [0.15, 0.2) is 22.5 Å². The third-order valence-electron chi connectivity index (χ3n) is 3.64. The van der Waals surface area contributed by atoms with Crippen molar-refractivity contribution in [3.05, 3.63) is 17.5 Å². The minimum Gasteiger partial charge on any atom is -0.363 e. The molecule has 0 radical (unpaired) electrons. The van der Waals surface area contributed by atoms with Gasteiger partial charge in [-0.2, -0.15) is 0 Å². The smallest absolute Gasteiger partial charge is 0.210 e. The number of anilines is 1. The molecule has 2 heterocycles. The molecule has 0 aromatic carbocycles. The summed E-state index contributed by atoms with van der Waals surface area (Å²) in [6.45, 7) is 4.90. The second-order valence-corrected chi connectivity index (χ2v) is 8.14. The van der Waals surface area contributed by atoms with Crippen molar-refractivity contribution in [2.75, 3.05) is 36.8 Å². The maximum atomic E-state index is 11.0. The molecule has 10 heteroatoms. The number of thiophene rings is 1. The number of halogens is 1. The summed E-state index contributed by atoms with van der Waals surface area (Å²) in [5.74, 6) is 0.520. The van der Waals surface area contributed by atoms with E-state index in [1.54, 1.807) is 11.3 Å². The molecule has 1 aromatic heterocycles. The topological polar surface area (TPSA) is 99.8 Å². The van der Waals surface area contributed by atoms with Crippen molar-refractivity contribution < 1.29 is 8.42 Å². The Bertz CT molecular complexity index is 599. The minimum absolute atomic E-state index is 0. The molecule has 24 heavy (non-hydrogen) atoms. The second-order valence-electron chi connectivity index (χ2n) is 5.48. The number of sulfonamides is 1. The van der Waals surface area contributed by atoms with E-state index in [9.17, 15) is 8.42 Å². The van der Waals surface area contributed by atoms with Gasteiger partial charge in [0.15, 0.2) is 5.96 Å². The van der Waals surface area contributed by atoms with Crippen molar-refractivity contribution >= 4 is 56.3 Å². The molecule has 1 fully saturated rings. The van der Waals surface area contributed by atoms with Crippen LogP contribution in [0, 0.1) is 0 Å². The molecule has 2 rings (SSSR count). The molecule has 138 valence electrons. The SMILES string of the molecule is CCNC(=NCCS(N)(=O)=O)NC1CCN(c2cccs2)CC1.I. The Morgan fingerprint density at radius 2 is 2.17 bits per heavy atom. The van der Waals surface area contributed by atoms with Crippen LogP contribution >= 0.6 is 35.3 Å². The molecule has 1 aromatic rings. The van der Waals surface area contributed by atoms with Gasteiger partial charge in [0.1, 0.15) is 0 Å². The Balaban J connectivity index is 0.00000288. The summed E-state index contributed by atoms with van der Waals surface area (Å²) in [5, 5.41) is 14.9. The zero-order valence-corrected chi connectivity index (χ0v) is 17.7. The van der Waals surface area contributed by atoms with Crippen LogP contribution in [0.2, 0.25) is 0 Å². The monoisotopic (exact) mass is 487 g/mol. The number of rotatable bonds is 6.